The van der Waals surface area contributed by atoms with Crippen LogP contribution in [0.4, 0.5) is 5.69 Å². The van der Waals surface area contributed by atoms with Gasteiger partial charge in [-0.1, -0.05) is 69.7 Å². The first-order valence-corrected chi connectivity index (χ1v) is 13.9. The Morgan fingerprint density at radius 2 is 1.70 bits per heavy atom. The van der Waals surface area contributed by atoms with E-state index >= 15 is 0 Å². The Bertz CT molecular complexity index is 690. The summed E-state index contributed by atoms with van der Waals surface area (Å²) >= 11 is 0. The van der Waals surface area contributed by atoms with E-state index in [2.05, 4.69) is 67.8 Å². The minimum absolute atomic E-state index is 0.310. The molecule has 1 atom stereocenters. The Morgan fingerprint density at radius 1 is 1.03 bits per heavy atom. The molecule has 3 rings (SSSR count). The fourth-order valence-electron chi connectivity index (χ4n) is 5.87. The highest BCUT2D eigenvalue weighted by Gasteiger charge is 2.25. The van der Waals surface area contributed by atoms with Gasteiger partial charge in [0.15, 0.2) is 0 Å². The molecule has 2 aliphatic rings. The number of benzene rings is 1. The first kappa shape index (κ1) is 26.3. The zero-order valence-corrected chi connectivity index (χ0v) is 22.1. The van der Waals surface area contributed by atoms with Crippen molar-refractivity contribution in [1.82, 2.24) is 4.90 Å². The highest BCUT2D eigenvalue weighted by Crippen LogP contribution is 2.29. The van der Waals surface area contributed by atoms with Gasteiger partial charge in [0, 0.05) is 44.0 Å². The molecule has 1 aromatic rings. The molecular formula is C30H51N3. The molecule has 3 heteroatoms. The van der Waals surface area contributed by atoms with Crippen molar-refractivity contribution in [1.29, 1.82) is 0 Å². The van der Waals surface area contributed by atoms with E-state index < -0.39 is 0 Å². The second kappa shape index (κ2) is 13.5. The lowest BCUT2D eigenvalue weighted by Crippen LogP contribution is -2.48. The predicted octanol–water partition coefficient (Wildman–Crippen LogP) is 6.81. The van der Waals surface area contributed by atoms with Gasteiger partial charge in [-0.05, 0) is 75.5 Å². The molecule has 1 aromatic carbocycles. The first-order chi connectivity index (χ1) is 15.9. The summed E-state index contributed by atoms with van der Waals surface area (Å²) in [5.41, 5.74) is 10.7. The van der Waals surface area contributed by atoms with Crippen molar-refractivity contribution in [3.8, 4) is 0 Å². The van der Waals surface area contributed by atoms with Crippen molar-refractivity contribution in [2.24, 2.45) is 17.6 Å². The molecule has 0 radical (unpaired) electrons. The van der Waals surface area contributed by atoms with Gasteiger partial charge in [0.25, 0.3) is 0 Å². The Morgan fingerprint density at radius 3 is 2.30 bits per heavy atom. The summed E-state index contributed by atoms with van der Waals surface area (Å²) in [7, 11) is 0. The number of likely N-dealkylation sites (tertiary alicyclic amines) is 1. The van der Waals surface area contributed by atoms with Crippen LogP contribution in [-0.4, -0.2) is 43.2 Å². The summed E-state index contributed by atoms with van der Waals surface area (Å²) in [5, 5.41) is 0. The molecule has 1 heterocycles. The number of nitrogens with two attached hydrogens (primary N) is 1. The van der Waals surface area contributed by atoms with E-state index in [0.717, 1.165) is 25.4 Å². The molecule has 2 fully saturated rings. The molecule has 2 N–H and O–H groups in total. The second-order valence-corrected chi connectivity index (χ2v) is 11.6. The molecule has 0 spiro atoms. The second-order valence-electron chi connectivity index (χ2n) is 11.6. The molecule has 1 aliphatic heterocycles. The average Bonchev–Trinajstić information content (AvgIpc) is 2.79. The molecule has 1 saturated heterocycles. The van der Waals surface area contributed by atoms with Crippen molar-refractivity contribution in [2.45, 2.75) is 104 Å². The van der Waals surface area contributed by atoms with Gasteiger partial charge in [0.2, 0.25) is 0 Å². The summed E-state index contributed by atoms with van der Waals surface area (Å²) in [5.74, 6) is 1.65. The fraction of sp³-hybridized carbons (Fsp3) is 0.733. The third-order valence-corrected chi connectivity index (χ3v) is 7.79. The maximum atomic E-state index is 6.40. The largest absolute Gasteiger partial charge is 0.365 e. The lowest BCUT2D eigenvalue weighted by atomic mass is 9.85. The zero-order valence-electron chi connectivity index (χ0n) is 22.1. The number of aryl methyl sites for hydroxylation is 1. The van der Waals surface area contributed by atoms with E-state index in [-0.39, 0.29) is 0 Å². The van der Waals surface area contributed by atoms with Gasteiger partial charge in [0.1, 0.15) is 0 Å². The molecule has 1 unspecified atom stereocenters. The van der Waals surface area contributed by atoms with Crippen LogP contribution < -0.4 is 10.6 Å². The number of piperidine rings is 1. The third-order valence-electron chi connectivity index (χ3n) is 7.79. The number of rotatable bonds is 11. The van der Waals surface area contributed by atoms with Crippen LogP contribution in [0, 0.1) is 11.8 Å². The van der Waals surface area contributed by atoms with Gasteiger partial charge in [-0.15, -0.1) is 0 Å². The van der Waals surface area contributed by atoms with Gasteiger partial charge in [-0.3, -0.25) is 0 Å². The minimum Gasteiger partial charge on any atom is -0.365 e. The Hall–Kier alpha value is -1.32. The van der Waals surface area contributed by atoms with E-state index in [1.807, 2.05) is 0 Å². The number of anilines is 1. The number of hydrogen-bond acceptors (Lipinski definition) is 3. The van der Waals surface area contributed by atoms with Gasteiger partial charge < -0.3 is 15.5 Å². The van der Waals surface area contributed by atoms with Gasteiger partial charge in [0.05, 0.1) is 0 Å². The van der Waals surface area contributed by atoms with Crippen LogP contribution in [0.1, 0.15) is 91.0 Å². The maximum absolute atomic E-state index is 6.40. The average molecular weight is 454 g/mol. The molecule has 0 aromatic heterocycles. The van der Waals surface area contributed by atoms with Crippen molar-refractivity contribution >= 4 is 5.69 Å². The van der Waals surface area contributed by atoms with Crippen molar-refractivity contribution in [2.75, 3.05) is 31.1 Å². The van der Waals surface area contributed by atoms with E-state index in [1.165, 1.54) is 87.7 Å². The van der Waals surface area contributed by atoms with Gasteiger partial charge >= 0.3 is 0 Å². The summed E-state index contributed by atoms with van der Waals surface area (Å²) in [6.07, 6.45) is 15.9. The molecule has 0 bridgehead atoms. The van der Waals surface area contributed by atoms with Crippen molar-refractivity contribution in [3.63, 3.8) is 0 Å². The highest BCUT2D eigenvalue weighted by molar-refractivity contribution is 5.49. The van der Waals surface area contributed by atoms with Crippen molar-refractivity contribution < 1.29 is 0 Å². The van der Waals surface area contributed by atoms with Gasteiger partial charge in [-0.2, -0.15) is 0 Å². The lowest BCUT2D eigenvalue weighted by molar-refractivity contribution is 0.193. The lowest BCUT2D eigenvalue weighted by Gasteiger charge is -2.40. The van der Waals surface area contributed by atoms with E-state index in [4.69, 9.17) is 5.73 Å². The quantitative estimate of drug-likeness (QED) is 0.374. The van der Waals surface area contributed by atoms with Crippen LogP contribution in [0.15, 0.2) is 35.9 Å². The molecule has 186 valence electrons. The third kappa shape index (κ3) is 9.09. The minimum atomic E-state index is 0.310. The van der Waals surface area contributed by atoms with Crippen LogP contribution in [0.25, 0.3) is 0 Å². The van der Waals surface area contributed by atoms with E-state index in [1.54, 1.807) is 0 Å². The monoisotopic (exact) mass is 453 g/mol. The van der Waals surface area contributed by atoms with E-state index in [9.17, 15) is 0 Å². The molecule has 1 saturated carbocycles. The van der Waals surface area contributed by atoms with Gasteiger partial charge in [-0.25, -0.2) is 0 Å². The SMILES string of the molecule is CC(C)=CCN(c1ccc(CCC2CCCCC2)cc1)C1CCN(CC(N)CC(C)C)CC1. The summed E-state index contributed by atoms with van der Waals surface area (Å²) < 4.78 is 0. The first-order valence-electron chi connectivity index (χ1n) is 13.9. The Labute approximate surface area is 204 Å². The fourth-order valence-corrected chi connectivity index (χ4v) is 5.87. The Kier molecular flexibility index (Phi) is 10.8. The Balaban J connectivity index is 1.56. The highest BCUT2D eigenvalue weighted by atomic mass is 15.2. The van der Waals surface area contributed by atoms with Crippen molar-refractivity contribution in [3.05, 3.63) is 41.5 Å². The van der Waals surface area contributed by atoms with Crippen LogP contribution >= 0.6 is 0 Å². The maximum Gasteiger partial charge on any atom is 0.0371 e. The number of allylic oxidation sites excluding steroid dienone is 1. The number of hydrogen-bond donors (Lipinski definition) is 1. The van der Waals surface area contributed by atoms with Crippen LogP contribution in [-0.2, 0) is 6.42 Å². The van der Waals surface area contributed by atoms with Crippen LogP contribution in [0.2, 0.25) is 0 Å². The zero-order chi connectivity index (χ0) is 23.6. The topological polar surface area (TPSA) is 32.5 Å². The molecular weight excluding hydrogens is 402 g/mol. The smallest absolute Gasteiger partial charge is 0.0371 e. The summed E-state index contributed by atoms with van der Waals surface area (Å²) in [6, 6.07) is 10.5. The predicted molar refractivity (Wildman–Crippen MR) is 145 cm³/mol. The molecule has 3 nitrogen and oxygen atoms in total. The molecule has 0 amide bonds. The molecule has 33 heavy (non-hydrogen) atoms. The summed E-state index contributed by atoms with van der Waals surface area (Å²) in [6.45, 7) is 13.4. The van der Waals surface area contributed by atoms with Crippen LogP contribution in [0.5, 0.6) is 0 Å². The molecule has 1 aliphatic carbocycles. The van der Waals surface area contributed by atoms with E-state index in [0.29, 0.717) is 18.0 Å². The normalized spacial score (nSPS) is 19.6. The van der Waals surface area contributed by atoms with Crippen LogP contribution in [0.3, 0.4) is 0 Å². The number of nitrogens with zero attached hydrogens (tertiary/aromatic N) is 2. The summed E-state index contributed by atoms with van der Waals surface area (Å²) in [4.78, 5) is 5.25. The standard InChI is InChI=1S/C30H51N3/c1-24(2)16-21-33(30-17-19-32(20-18-30)23-28(31)22-25(3)4)29-14-12-27(13-15-29)11-10-26-8-6-5-7-9-26/h12-16,25-26,28,30H,5-11,17-23,31H2,1-4H3.